The number of hydrogen-bond donors (Lipinski definition) is 1. The van der Waals surface area contributed by atoms with Crippen LogP contribution < -0.4 is 5.73 Å². The highest BCUT2D eigenvalue weighted by atomic mass is 16.5. The standard InChI is InChI=1S/C12H25NO4/c1-11(10-13)4-5-12(14)17-7-3-6-16-9-8-15-2/h11H,3-10,13H2,1-2H3. The van der Waals surface area contributed by atoms with E-state index in [0.29, 0.717) is 45.3 Å². The molecule has 2 N–H and O–H groups in total. The Morgan fingerprint density at radius 1 is 1.24 bits per heavy atom. The lowest BCUT2D eigenvalue weighted by Gasteiger charge is -2.08. The topological polar surface area (TPSA) is 70.8 Å². The van der Waals surface area contributed by atoms with Gasteiger partial charge in [0, 0.05) is 26.6 Å². The summed E-state index contributed by atoms with van der Waals surface area (Å²) in [5.74, 6) is 0.224. The van der Waals surface area contributed by atoms with Crippen LogP contribution in [0.3, 0.4) is 0 Å². The smallest absolute Gasteiger partial charge is 0.305 e. The molecule has 0 aliphatic carbocycles. The average Bonchev–Trinajstić information content (AvgIpc) is 2.34. The molecule has 1 atom stereocenters. The van der Waals surface area contributed by atoms with Crippen LogP contribution in [0.4, 0.5) is 0 Å². The van der Waals surface area contributed by atoms with Gasteiger partial charge in [0.15, 0.2) is 0 Å². The van der Waals surface area contributed by atoms with Crippen LogP contribution in [0.25, 0.3) is 0 Å². The normalized spacial score (nSPS) is 12.4. The molecule has 17 heavy (non-hydrogen) atoms. The summed E-state index contributed by atoms with van der Waals surface area (Å²) in [6.07, 6.45) is 1.96. The summed E-state index contributed by atoms with van der Waals surface area (Å²) in [6.45, 7) is 4.82. The minimum absolute atomic E-state index is 0.151. The second-order valence-electron chi connectivity index (χ2n) is 4.06. The lowest BCUT2D eigenvalue weighted by atomic mass is 10.1. The maximum atomic E-state index is 11.3. The third-order valence-corrected chi connectivity index (χ3v) is 2.37. The Labute approximate surface area is 104 Å². The van der Waals surface area contributed by atoms with Crippen LogP contribution in [0, 0.1) is 5.92 Å². The highest BCUT2D eigenvalue weighted by Crippen LogP contribution is 2.04. The first-order valence-electron chi connectivity index (χ1n) is 6.13. The third kappa shape index (κ3) is 11.6. The van der Waals surface area contributed by atoms with Gasteiger partial charge in [-0.25, -0.2) is 0 Å². The third-order valence-electron chi connectivity index (χ3n) is 2.37. The number of ether oxygens (including phenoxy) is 3. The molecule has 0 aliphatic rings. The molecule has 0 aromatic carbocycles. The van der Waals surface area contributed by atoms with Crippen LogP contribution in [0.15, 0.2) is 0 Å². The van der Waals surface area contributed by atoms with E-state index >= 15 is 0 Å². The van der Waals surface area contributed by atoms with Crippen LogP contribution in [0.1, 0.15) is 26.2 Å². The van der Waals surface area contributed by atoms with Gasteiger partial charge >= 0.3 is 5.97 Å². The van der Waals surface area contributed by atoms with Crippen molar-refractivity contribution in [1.29, 1.82) is 0 Å². The first kappa shape index (κ1) is 16.4. The summed E-state index contributed by atoms with van der Waals surface area (Å²) in [7, 11) is 1.63. The van der Waals surface area contributed by atoms with E-state index in [1.807, 2.05) is 6.92 Å². The van der Waals surface area contributed by atoms with Gasteiger partial charge in [-0.15, -0.1) is 0 Å². The molecular formula is C12H25NO4. The Hall–Kier alpha value is -0.650. The summed E-state index contributed by atoms with van der Waals surface area (Å²) in [4.78, 5) is 11.3. The molecule has 0 saturated heterocycles. The predicted octanol–water partition coefficient (Wildman–Crippen LogP) is 0.958. The van der Waals surface area contributed by atoms with Crippen molar-refractivity contribution in [3.05, 3.63) is 0 Å². The number of hydrogen-bond acceptors (Lipinski definition) is 5. The molecule has 0 aliphatic heterocycles. The minimum atomic E-state index is -0.151. The van der Waals surface area contributed by atoms with Crippen molar-refractivity contribution in [3.63, 3.8) is 0 Å². The number of carbonyl (C=O) groups is 1. The molecule has 0 heterocycles. The van der Waals surface area contributed by atoms with Gasteiger partial charge in [-0.1, -0.05) is 6.92 Å². The molecule has 1 unspecified atom stereocenters. The van der Waals surface area contributed by atoms with E-state index in [2.05, 4.69) is 0 Å². The maximum Gasteiger partial charge on any atom is 0.305 e. The van der Waals surface area contributed by atoms with E-state index in [1.54, 1.807) is 7.11 Å². The van der Waals surface area contributed by atoms with Crippen molar-refractivity contribution >= 4 is 5.97 Å². The molecule has 0 aromatic rings. The van der Waals surface area contributed by atoms with Crippen molar-refractivity contribution < 1.29 is 19.0 Å². The molecule has 0 saturated carbocycles. The molecule has 5 heteroatoms. The number of methoxy groups -OCH3 is 1. The zero-order valence-electron chi connectivity index (χ0n) is 10.9. The minimum Gasteiger partial charge on any atom is -0.466 e. The lowest BCUT2D eigenvalue weighted by Crippen LogP contribution is -2.14. The van der Waals surface area contributed by atoms with Crippen LogP contribution in [0.5, 0.6) is 0 Å². The average molecular weight is 247 g/mol. The van der Waals surface area contributed by atoms with Gasteiger partial charge in [-0.3, -0.25) is 4.79 Å². The second-order valence-corrected chi connectivity index (χ2v) is 4.06. The molecule has 0 radical (unpaired) electrons. The highest BCUT2D eigenvalue weighted by molar-refractivity contribution is 5.69. The summed E-state index contributed by atoms with van der Waals surface area (Å²) in [5, 5.41) is 0. The maximum absolute atomic E-state index is 11.3. The van der Waals surface area contributed by atoms with Crippen molar-refractivity contribution in [1.82, 2.24) is 0 Å². The summed E-state index contributed by atoms with van der Waals surface area (Å²) >= 11 is 0. The molecule has 0 fully saturated rings. The Morgan fingerprint density at radius 2 is 2.00 bits per heavy atom. The van der Waals surface area contributed by atoms with Gasteiger partial charge in [0.25, 0.3) is 0 Å². The zero-order valence-corrected chi connectivity index (χ0v) is 10.9. The fourth-order valence-electron chi connectivity index (χ4n) is 1.15. The predicted molar refractivity (Wildman–Crippen MR) is 65.7 cm³/mol. The molecule has 5 nitrogen and oxygen atoms in total. The SMILES string of the molecule is COCCOCCCOC(=O)CCC(C)CN. The number of carbonyl (C=O) groups excluding carboxylic acids is 1. The van der Waals surface area contributed by atoms with E-state index in [0.717, 1.165) is 12.8 Å². The number of esters is 1. The van der Waals surface area contributed by atoms with Crippen LogP contribution in [0.2, 0.25) is 0 Å². The molecule has 0 aromatic heterocycles. The van der Waals surface area contributed by atoms with E-state index in [1.165, 1.54) is 0 Å². The second kappa shape index (κ2) is 11.8. The Morgan fingerprint density at radius 3 is 2.65 bits per heavy atom. The largest absolute Gasteiger partial charge is 0.466 e. The van der Waals surface area contributed by atoms with Gasteiger partial charge in [0.1, 0.15) is 0 Å². The van der Waals surface area contributed by atoms with Gasteiger partial charge in [-0.05, 0) is 18.9 Å². The summed E-state index contributed by atoms with van der Waals surface area (Å²) in [5.41, 5.74) is 5.46. The molecule has 0 rings (SSSR count). The molecule has 0 bridgehead atoms. The van der Waals surface area contributed by atoms with E-state index in [4.69, 9.17) is 19.9 Å². The van der Waals surface area contributed by atoms with Gasteiger partial charge in [0.2, 0.25) is 0 Å². The van der Waals surface area contributed by atoms with E-state index < -0.39 is 0 Å². The molecule has 0 spiro atoms. The Balaban J connectivity index is 3.22. The zero-order chi connectivity index (χ0) is 12.9. The first-order chi connectivity index (χ1) is 8.20. The fraction of sp³-hybridized carbons (Fsp3) is 0.917. The van der Waals surface area contributed by atoms with Crippen LogP contribution in [-0.4, -0.2) is 46.1 Å². The molecule has 0 amide bonds. The number of nitrogens with two attached hydrogens (primary N) is 1. The Kier molecular flexibility index (Phi) is 11.4. The molecular weight excluding hydrogens is 222 g/mol. The quantitative estimate of drug-likeness (QED) is 0.435. The summed E-state index contributed by atoms with van der Waals surface area (Å²) < 4.78 is 15.1. The first-order valence-corrected chi connectivity index (χ1v) is 6.13. The van der Waals surface area contributed by atoms with Crippen LogP contribution in [-0.2, 0) is 19.0 Å². The van der Waals surface area contributed by atoms with Crippen molar-refractivity contribution in [3.8, 4) is 0 Å². The number of rotatable bonds is 11. The lowest BCUT2D eigenvalue weighted by molar-refractivity contribution is -0.144. The van der Waals surface area contributed by atoms with Crippen molar-refractivity contribution in [2.75, 3.05) is 40.1 Å². The van der Waals surface area contributed by atoms with E-state index in [9.17, 15) is 4.79 Å². The van der Waals surface area contributed by atoms with Crippen molar-refractivity contribution in [2.24, 2.45) is 11.7 Å². The van der Waals surface area contributed by atoms with Gasteiger partial charge in [0.05, 0.1) is 19.8 Å². The van der Waals surface area contributed by atoms with E-state index in [-0.39, 0.29) is 5.97 Å². The molecule has 102 valence electrons. The van der Waals surface area contributed by atoms with Crippen LogP contribution >= 0.6 is 0 Å². The van der Waals surface area contributed by atoms with Crippen molar-refractivity contribution in [2.45, 2.75) is 26.2 Å². The highest BCUT2D eigenvalue weighted by Gasteiger charge is 2.06. The monoisotopic (exact) mass is 247 g/mol. The van der Waals surface area contributed by atoms with Gasteiger partial charge < -0.3 is 19.9 Å². The fourth-order valence-corrected chi connectivity index (χ4v) is 1.15. The summed E-state index contributed by atoms with van der Waals surface area (Å²) in [6, 6.07) is 0. The van der Waals surface area contributed by atoms with Gasteiger partial charge in [-0.2, -0.15) is 0 Å². The Bertz CT molecular complexity index is 187.